The van der Waals surface area contributed by atoms with E-state index in [2.05, 4.69) is 0 Å². The van der Waals surface area contributed by atoms with Crippen molar-refractivity contribution in [3.63, 3.8) is 0 Å². The minimum Gasteiger partial charge on any atom is -0.480 e. The number of rotatable bonds is 6. The largest absolute Gasteiger partial charge is 0.480 e. The van der Waals surface area contributed by atoms with Crippen molar-refractivity contribution in [2.24, 2.45) is 0 Å². The SMILES string of the molecule is O=C(O)CN(CCCF)c1ccccc1. The minimum absolute atomic E-state index is 0.0932. The first-order chi connectivity index (χ1) is 7.24. The lowest BCUT2D eigenvalue weighted by atomic mass is 10.2. The van der Waals surface area contributed by atoms with E-state index in [9.17, 15) is 9.18 Å². The lowest BCUT2D eigenvalue weighted by Crippen LogP contribution is -2.30. The first-order valence-corrected chi connectivity index (χ1v) is 4.82. The van der Waals surface area contributed by atoms with E-state index < -0.39 is 12.6 Å². The first kappa shape index (κ1) is 11.5. The van der Waals surface area contributed by atoms with Crippen molar-refractivity contribution in [1.82, 2.24) is 0 Å². The third kappa shape index (κ3) is 3.97. The quantitative estimate of drug-likeness (QED) is 0.781. The van der Waals surface area contributed by atoms with Crippen LogP contribution in [0.2, 0.25) is 0 Å². The topological polar surface area (TPSA) is 40.5 Å². The number of benzene rings is 1. The summed E-state index contributed by atoms with van der Waals surface area (Å²) in [5.41, 5.74) is 0.813. The van der Waals surface area contributed by atoms with Crippen molar-refractivity contribution < 1.29 is 14.3 Å². The van der Waals surface area contributed by atoms with Gasteiger partial charge in [0.05, 0.1) is 6.67 Å². The van der Waals surface area contributed by atoms with Crippen LogP contribution in [-0.2, 0) is 4.79 Å². The van der Waals surface area contributed by atoms with Gasteiger partial charge < -0.3 is 10.0 Å². The molecule has 0 saturated heterocycles. The number of carboxylic acids is 1. The summed E-state index contributed by atoms with van der Waals surface area (Å²) < 4.78 is 12.0. The molecule has 1 N–H and O–H groups in total. The van der Waals surface area contributed by atoms with Crippen LogP contribution in [-0.4, -0.2) is 30.8 Å². The molecule has 4 heteroatoms. The van der Waals surface area contributed by atoms with E-state index in [0.29, 0.717) is 13.0 Å². The highest BCUT2D eigenvalue weighted by Crippen LogP contribution is 2.13. The number of carboxylic acid groups (broad SMARTS) is 1. The van der Waals surface area contributed by atoms with Crippen molar-refractivity contribution in [1.29, 1.82) is 0 Å². The lowest BCUT2D eigenvalue weighted by molar-refractivity contribution is -0.135. The standard InChI is InChI=1S/C11H14FNO2/c12-7-4-8-13(9-11(14)15)10-5-2-1-3-6-10/h1-3,5-6H,4,7-9H2,(H,14,15). The molecule has 0 saturated carbocycles. The predicted molar refractivity (Wildman–Crippen MR) is 56.9 cm³/mol. The Balaban J connectivity index is 2.67. The number of anilines is 1. The second-order valence-electron chi connectivity index (χ2n) is 3.19. The fourth-order valence-electron chi connectivity index (χ4n) is 1.35. The number of nitrogens with zero attached hydrogens (tertiary/aromatic N) is 1. The number of carbonyl (C=O) groups is 1. The third-order valence-corrected chi connectivity index (χ3v) is 2.01. The summed E-state index contributed by atoms with van der Waals surface area (Å²) >= 11 is 0. The number of aliphatic carboxylic acids is 1. The molecule has 1 rings (SSSR count). The summed E-state index contributed by atoms with van der Waals surface area (Å²) in [6.07, 6.45) is 0.349. The van der Waals surface area contributed by atoms with Crippen LogP contribution in [0.5, 0.6) is 0 Å². The molecule has 0 unspecified atom stereocenters. The molecule has 0 radical (unpaired) electrons. The fourth-order valence-corrected chi connectivity index (χ4v) is 1.35. The van der Waals surface area contributed by atoms with E-state index in [4.69, 9.17) is 5.11 Å². The van der Waals surface area contributed by atoms with Gasteiger partial charge >= 0.3 is 5.97 Å². The van der Waals surface area contributed by atoms with E-state index in [1.165, 1.54) is 0 Å². The van der Waals surface area contributed by atoms with Gasteiger partial charge in [-0.1, -0.05) is 18.2 Å². The maximum atomic E-state index is 12.0. The van der Waals surface area contributed by atoms with Gasteiger partial charge in [0, 0.05) is 12.2 Å². The molecular weight excluding hydrogens is 197 g/mol. The molecule has 0 bridgehead atoms. The molecule has 3 nitrogen and oxygen atoms in total. The van der Waals surface area contributed by atoms with Gasteiger partial charge in [0.25, 0.3) is 0 Å². The molecule has 0 fully saturated rings. The van der Waals surface area contributed by atoms with Crippen LogP contribution in [0.1, 0.15) is 6.42 Å². The zero-order chi connectivity index (χ0) is 11.1. The summed E-state index contributed by atoms with van der Waals surface area (Å²) in [6, 6.07) is 9.17. The van der Waals surface area contributed by atoms with Crippen LogP contribution >= 0.6 is 0 Å². The van der Waals surface area contributed by atoms with Crippen molar-refractivity contribution >= 4 is 11.7 Å². The summed E-state index contributed by atoms with van der Waals surface area (Å²) in [7, 11) is 0. The Morgan fingerprint density at radius 1 is 1.33 bits per heavy atom. The van der Waals surface area contributed by atoms with Gasteiger partial charge in [0.1, 0.15) is 6.54 Å². The zero-order valence-electron chi connectivity index (χ0n) is 8.40. The average molecular weight is 211 g/mol. The fraction of sp³-hybridized carbons (Fsp3) is 0.364. The molecule has 0 aromatic heterocycles. The maximum Gasteiger partial charge on any atom is 0.323 e. The average Bonchev–Trinajstić information content (AvgIpc) is 2.25. The highest BCUT2D eigenvalue weighted by Gasteiger charge is 2.09. The van der Waals surface area contributed by atoms with Gasteiger partial charge in [-0.3, -0.25) is 9.18 Å². The Hall–Kier alpha value is -1.58. The smallest absolute Gasteiger partial charge is 0.323 e. The number of hydrogen-bond donors (Lipinski definition) is 1. The van der Waals surface area contributed by atoms with Gasteiger partial charge in [-0.2, -0.15) is 0 Å². The van der Waals surface area contributed by atoms with E-state index in [1.54, 1.807) is 4.90 Å². The monoisotopic (exact) mass is 211 g/mol. The minimum atomic E-state index is -0.905. The maximum absolute atomic E-state index is 12.0. The Bertz CT molecular complexity index is 303. The Morgan fingerprint density at radius 2 is 2.00 bits per heavy atom. The van der Waals surface area contributed by atoms with Crippen LogP contribution < -0.4 is 4.90 Å². The van der Waals surface area contributed by atoms with Crippen molar-refractivity contribution in [2.75, 3.05) is 24.7 Å². The molecular formula is C11H14FNO2. The second kappa shape index (κ2) is 6.01. The Labute approximate surface area is 88.1 Å². The van der Waals surface area contributed by atoms with Crippen LogP contribution in [0.25, 0.3) is 0 Å². The van der Waals surface area contributed by atoms with Crippen molar-refractivity contribution in [2.45, 2.75) is 6.42 Å². The Morgan fingerprint density at radius 3 is 2.53 bits per heavy atom. The normalized spacial score (nSPS) is 9.93. The summed E-state index contributed by atoms with van der Waals surface area (Å²) in [5.74, 6) is -0.905. The van der Waals surface area contributed by atoms with Crippen LogP contribution in [0.15, 0.2) is 30.3 Å². The van der Waals surface area contributed by atoms with E-state index >= 15 is 0 Å². The zero-order valence-corrected chi connectivity index (χ0v) is 8.40. The molecule has 82 valence electrons. The molecule has 1 aromatic carbocycles. The highest BCUT2D eigenvalue weighted by atomic mass is 19.1. The molecule has 0 aliphatic rings. The number of hydrogen-bond acceptors (Lipinski definition) is 2. The number of para-hydroxylation sites is 1. The second-order valence-corrected chi connectivity index (χ2v) is 3.19. The number of halogens is 1. The molecule has 1 aromatic rings. The van der Waals surface area contributed by atoms with Gasteiger partial charge in [-0.05, 0) is 18.6 Å². The van der Waals surface area contributed by atoms with Crippen LogP contribution in [0.4, 0.5) is 10.1 Å². The molecule has 0 atom stereocenters. The van der Waals surface area contributed by atoms with Gasteiger partial charge in [-0.15, -0.1) is 0 Å². The van der Waals surface area contributed by atoms with Crippen LogP contribution in [0.3, 0.4) is 0 Å². The van der Waals surface area contributed by atoms with E-state index in [-0.39, 0.29) is 6.54 Å². The van der Waals surface area contributed by atoms with Crippen LogP contribution in [0, 0.1) is 0 Å². The summed E-state index contributed by atoms with van der Waals surface area (Å²) in [6.45, 7) is -0.0974. The highest BCUT2D eigenvalue weighted by molar-refractivity contribution is 5.73. The molecule has 0 heterocycles. The Kier molecular flexibility index (Phi) is 4.60. The number of alkyl halides is 1. The van der Waals surface area contributed by atoms with Gasteiger partial charge in [-0.25, -0.2) is 0 Å². The van der Waals surface area contributed by atoms with Gasteiger partial charge in [0.2, 0.25) is 0 Å². The lowest BCUT2D eigenvalue weighted by Gasteiger charge is -2.22. The third-order valence-electron chi connectivity index (χ3n) is 2.01. The molecule has 0 spiro atoms. The summed E-state index contributed by atoms with van der Waals surface area (Å²) in [5, 5.41) is 8.71. The van der Waals surface area contributed by atoms with E-state index in [1.807, 2.05) is 30.3 Å². The molecule has 15 heavy (non-hydrogen) atoms. The van der Waals surface area contributed by atoms with Crippen molar-refractivity contribution in [3.05, 3.63) is 30.3 Å². The van der Waals surface area contributed by atoms with Gasteiger partial charge in [0.15, 0.2) is 0 Å². The molecule has 0 aliphatic heterocycles. The van der Waals surface area contributed by atoms with Crippen molar-refractivity contribution in [3.8, 4) is 0 Å². The first-order valence-electron chi connectivity index (χ1n) is 4.82. The molecule has 0 aliphatic carbocycles. The predicted octanol–water partition coefficient (Wildman–Crippen LogP) is 1.94. The molecule has 0 amide bonds. The summed E-state index contributed by atoms with van der Waals surface area (Å²) in [4.78, 5) is 12.3. The van der Waals surface area contributed by atoms with E-state index in [0.717, 1.165) is 5.69 Å².